The van der Waals surface area contributed by atoms with Crippen LogP contribution in [0.3, 0.4) is 0 Å². The summed E-state index contributed by atoms with van der Waals surface area (Å²) in [6, 6.07) is 4.00. The number of hydrogen-bond acceptors (Lipinski definition) is 8. The fraction of sp³-hybridized carbons (Fsp3) is 0.385. The normalized spacial score (nSPS) is 10.4. The SMILES string of the molecule is COCCNc1ncnc(NCCc2cccs2)c1[N+](=O)[O-]. The molecule has 0 unspecified atom stereocenters. The molecule has 8 nitrogen and oxygen atoms in total. The molecule has 0 aliphatic rings. The minimum Gasteiger partial charge on any atom is -0.383 e. The van der Waals surface area contributed by atoms with Gasteiger partial charge in [-0.25, -0.2) is 9.97 Å². The van der Waals surface area contributed by atoms with Crippen LogP contribution < -0.4 is 10.6 Å². The van der Waals surface area contributed by atoms with Gasteiger partial charge >= 0.3 is 5.69 Å². The smallest absolute Gasteiger partial charge is 0.353 e. The van der Waals surface area contributed by atoms with Gasteiger partial charge in [0.25, 0.3) is 0 Å². The van der Waals surface area contributed by atoms with Crippen molar-refractivity contribution in [3.8, 4) is 0 Å². The number of anilines is 2. The summed E-state index contributed by atoms with van der Waals surface area (Å²) < 4.78 is 4.91. The third-order valence-electron chi connectivity index (χ3n) is 2.85. The molecule has 0 amide bonds. The predicted octanol–water partition coefficient (Wildman–Crippen LogP) is 2.16. The van der Waals surface area contributed by atoms with E-state index in [0.717, 1.165) is 6.42 Å². The van der Waals surface area contributed by atoms with Gasteiger partial charge < -0.3 is 15.4 Å². The van der Waals surface area contributed by atoms with Crippen molar-refractivity contribution in [2.75, 3.05) is 37.4 Å². The van der Waals surface area contributed by atoms with Crippen molar-refractivity contribution >= 4 is 28.7 Å². The molecular formula is C13H17N5O3S. The first-order chi connectivity index (χ1) is 10.7. The maximum atomic E-state index is 11.3. The number of rotatable bonds is 9. The molecule has 0 spiro atoms. The molecule has 0 bridgehead atoms. The van der Waals surface area contributed by atoms with E-state index in [1.807, 2.05) is 17.5 Å². The molecule has 0 aromatic carbocycles. The van der Waals surface area contributed by atoms with Gasteiger partial charge in [-0.2, -0.15) is 0 Å². The van der Waals surface area contributed by atoms with Crippen molar-refractivity contribution in [2.45, 2.75) is 6.42 Å². The summed E-state index contributed by atoms with van der Waals surface area (Å²) in [5.74, 6) is 0.409. The second kappa shape index (κ2) is 8.25. The number of nitrogens with zero attached hydrogens (tertiary/aromatic N) is 3. The molecule has 0 saturated heterocycles. The minimum absolute atomic E-state index is 0.148. The average molecular weight is 323 g/mol. The van der Waals surface area contributed by atoms with Gasteiger partial charge in [-0.3, -0.25) is 10.1 Å². The third kappa shape index (κ3) is 4.37. The maximum absolute atomic E-state index is 11.3. The summed E-state index contributed by atoms with van der Waals surface area (Å²) in [5, 5.41) is 19.2. The van der Waals surface area contributed by atoms with Crippen LogP contribution in [0.5, 0.6) is 0 Å². The topological polar surface area (TPSA) is 102 Å². The van der Waals surface area contributed by atoms with Crippen molar-refractivity contribution in [1.29, 1.82) is 0 Å². The quantitative estimate of drug-likeness (QED) is 0.414. The first kappa shape index (κ1) is 16.1. The molecule has 0 radical (unpaired) electrons. The summed E-state index contributed by atoms with van der Waals surface area (Å²) in [6.07, 6.45) is 2.08. The molecule has 0 aliphatic carbocycles. The van der Waals surface area contributed by atoms with Crippen LogP contribution >= 0.6 is 11.3 Å². The maximum Gasteiger partial charge on any atom is 0.353 e. The van der Waals surface area contributed by atoms with Crippen LogP contribution in [0, 0.1) is 10.1 Å². The van der Waals surface area contributed by atoms with Gasteiger partial charge in [0.05, 0.1) is 11.5 Å². The van der Waals surface area contributed by atoms with E-state index >= 15 is 0 Å². The van der Waals surface area contributed by atoms with E-state index in [1.165, 1.54) is 11.2 Å². The molecular weight excluding hydrogens is 306 g/mol. The lowest BCUT2D eigenvalue weighted by Gasteiger charge is -2.09. The van der Waals surface area contributed by atoms with E-state index in [-0.39, 0.29) is 17.3 Å². The van der Waals surface area contributed by atoms with Crippen molar-refractivity contribution in [1.82, 2.24) is 9.97 Å². The highest BCUT2D eigenvalue weighted by Gasteiger charge is 2.22. The van der Waals surface area contributed by atoms with E-state index in [0.29, 0.717) is 19.7 Å². The molecule has 0 fully saturated rings. The molecule has 2 N–H and O–H groups in total. The van der Waals surface area contributed by atoms with Gasteiger partial charge in [-0.05, 0) is 17.9 Å². The van der Waals surface area contributed by atoms with Gasteiger partial charge in [0.2, 0.25) is 11.6 Å². The van der Waals surface area contributed by atoms with Crippen LogP contribution in [0.1, 0.15) is 4.88 Å². The molecule has 22 heavy (non-hydrogen) atoms. The van der Waals surface area contributed by atoms with Crippen LogP contribution in [-0.4, -0.2) is 41.7 Å². The Bertz CT molecular complexity index is 606. The lowest BCUT2D eigenvalue weighted by atomic mass is 10.3. The van der Waals surface area contributed by atoms with Crippen LogP contribution in [0.2, 0.25) is 0 Å². The first-order valence-corrected chi connectivity index (χ1v) is 7.58. The van der Waals surface area contributed by atoms with E-state index < -0.39 is 4.92 Å². The molecule has 118 valence electrons. The highest BCUT2D eigenvalue weighted by Crippen LogP contribution is 2.28. The Morgan fingerprint density at radius 2 is 2.05 bits per heavy atom. The van der Waals surface area contributed by atoms with Crippen LogP contribution in [-0.2, 0) is 11.2 Å². The highest BCUT2D eigenvalue weighted by molar-refractivity contribution is 7.09. The predicted molar refractivity (Wildman–Crippen MR) is 85.6 cm³/mol. The highest BCUT2D eigenvalue weighted by atomic mass is 32.1. The fourth-order valence-corrected chi connectivity index (χ4v) is 2.55. The molecule has 0 atom stereocenters. The Kier molecular flexibility index (Phi) is 6.04. The van der Waals surface area contributed by atoms with Crippen LogP contribution in [0.15, 0.2) is 23.8 Å². The lowest BCUT2D eigenvalue weighted by molar-refractivity contribution is -0.383. The number of aromatic nitrogens is 2. The van der Waals surface area contributed by atoms with E-state index in [4.69, 9.17) is 4.74 Å². The largest absolute Gasteiger partial charge is 0.383 e. The van der Waals surface area contributed by atoms with Gasteiger partial charge in [0.1, 0.15) is 6.33 Å². The second-order valence-corrected chi connectivity index (χ2v) is 5.38. The van der Waals surface area contributed by atoms with Gasteiger partial charge in [0, 0.05) is 25.1 Å². The Morgan fingerprint density at radius 1 is 1.32 bits per heavy atom. The van der Waals surface area contributed by atoms with E-state index in [2.05, 4.69) is 20.6 Å². The molecule has 2 heterocycles. The number of hydrogen-bond donors (Lipinski definition) is 2. The monoisotopic (exact) mass is 323 g/mol. The Labute approximate surface area is 131 Å². The van der Waals surface area contributed by atoms with Gasteiger partial charge in [-0.1, -0.05) is 6.07 Å². The summed E-state index contributed by atoms with van der Waals surface area (Å²) in [6.45, 7) is 1.43. The zero-order valence-corrected chi connectivity index (χ0v) is 12.9. The Morgan fingerprint density at radius 3 is 2.64 bits per heavy atom. The molecule has 2 aromatic heterocycles. The first-order valence-electron chi connectivity index (χ1n) is 6.71. The van der Waals surface area contributed by atoms with Crippen LogP contribution in [0.25, 0.3) is 0 Å². The third-order valence-corrected chi connectivity index (χ3v) is 3.78. The van der Waals surface area contributed by atoms with E-state index in [1.54, 1.807) is 18.4 Å². The number of ether oxygens (including phenoxy) is 1. The zero-order chi connectivity index (χ0) is 15.8. The Hall–Kier alpha value is -2.26. The summed E-state index contributed by atoms with van der Waals surface area (Å²) in [4.78, 5) is 19.9. The fourth-order valence-electron chi connectivity index (χ4n) is 1.84. The van der Waals surface area contributed by atoms with E-state index in [9.17, 15) is 10.1 Å². The standard InChI is InChI=1S/C13H17N5O3S/c1-21-7-6-15-13-11(18(19)20)12(16-9-17-13)14-5-4-10-3-2-8-22-10/h2-3,8-9H,4-7H2,1H3,(H2,14,15,16,17). The number of thiophene rings is 1. The lowest BCUT2D eigenvalue weighted by Crippen LogP contribution is -2.14. The Balaban J connectivity index is 2.05. The number of nitrogens with one attached hydrogen (secondary N) is 2. The summed E-state index contributed by atoms with van der Waals surface area (Å²) in [5.41, 5.74) is -0.148. The van der Waals surface area contributed by atoms with Gasteiger partial charge in [-0.15, -0.1) is 11.3 Å². The molecule has 0 saturated carbocycles. The van der Waals surface area contributed by atoms with Crippen LogP contribution in [0.4, 0.5) is 17.3 Å². The average Bonchev–Trinajstić information content (AvgIpc) is 3.01. The summed E-state index contributed by atoms with van der Waals surface area (Å²) >= 11 is 1.65. The van der Waals surface area contributed by atoms with Gasteiger partial charge in [0.15, 0.2) is 0 Å². The molecule has 2 rings (SSSR count). The van der Waals surface area contributed by atoms with Crippen molar-refractivity contribution in [3.63, 3.8) is 0 Å². The summed E-state index contributed by atoms with van der Waals surface area (Å²) in [7, 11) is 1.56. The van der Waals surface area contributed by atoms with Crippen molar-refractivity contribution in [3.05, 3.63) is 38.8 Å². The molecule has 0 aliphatic heterocycles. The molecule has 9 heteroatoms. The number of methoxy groups -OCH3 is 1. The van der Waals surface area contributed by atoms with Crippen molar-refractivity contribution in [2.24, 2.45) is 0 Å². The molecule has 2 aromatic rings. The number of nitro groups is 1. The zero-order valence-electron chi connectivity index (χ0n) is 12.1. The minimum atomic E-state index is -0.484. The second-order valence-electron chi connectivity index (χ2n) is 4.35. The van der Waals surface area contributed by atoms with Crippen molar-refractivity contribution < 1.29 is 9.66 Å².